The van der Waals surface area contributed by atoms with Crippen molar-refractivity contribution in [2.45, 2.75) is 32.1 Å². The van der Waals surface area contributed by atoms with Gasteiger partial charge in [0.05, 0.1) is 19.8 Å². The summed E-state index contributed by atoms with van der Waals surface area (Å²) in [7, 11) is 2.22. The molecule has 2 aromatic carbocycles. The van der Waals surface area contributed by atoms with Crippen molar-refractivity contribution in [2.75, 3.05) is 33.4 Å². The van der Waals surface area contributed by atoms with Gasteiger partial charge in [0.2, 0.25) is 5.79 Å². The summed E-state index contributed by atoms with van der Waals surface area (Å²) >= 11 is 0. The van der Waals surface area contributed by atoms with Gasteiger partial charge in [-0.1, -0.05) is 42.0 Å². The molecule has 1 fully saturated rings. The number of nitrogens with zero attached hydrogens (tertiary/aromatic N) is 2. The molecule has 0 radical (unpaired) electrons. The molecular formula is C24H28N2O2. The van der Waals surface area contributed by atoms with Crippen molar-refractivity contribution in [1.82, 2.24) is 9.47 Å². The third kappa shape index (κ3) is 2.96. The third-order valence-corrected chi connectivity index (χ3v) is 6.25. The Kier molecular flexibility index (Phi) is 4.50. The quantitative estimate of drug-likeness (QED) is 0.694. The van der Waals surface area contributed by atoms with Crippen molar-refractivity contribution in [2.24, 2.45) is 0 Å². The minimum atomic E-state index is -0.704. The molecule has 0 N–H and O–H groups in total. The highest BCUT2D eigenvalue weighted by atomic mass is 16.7. The fourth-order valence-corrected chi connectivity index (χ4v) is 4.75. The highest BCUT2D eigenvalue weighted by Gasteiger charge is 2.40. The molecule has 3 heterocycles. The molecule has 146 valence electrons. The molecule has 28 heavy (non-hydrogen) atoms. The average Bonchev–Trinajstić information content (AvgIpc) is 3.23. The molecule has 1 saturated heterocycles. The zero-order valence-corrected chi connectivity index (χ0v) is 16.8. The van der Waals surface area contributed by atoms with Crippen LogP contribution < -0.4 is 0 Å². The summed E-state index contributed by atoms with van der Waals surface area (Å²) in [5.74, 6) is -0.704. The number of ether oxygens (including phenoxy) is 2. The summed E-state index contributed by atoms with van der Waals surface area (Å²) in [5, 5.41) is 1.39. The number of hydrogen-bond acceptors (Lipinski definition) is 3. The second-order valence-electron chi connectivity index (χ2n) is 8.15. The standard InChI is InChI=1S/C24H28N2O2/c1-18-8-9-22-21(16-18)20-10-12-25(2)13-11-23(20)26(22)17-24(27-14-15-28-24)19-6-4-3-5-7-19/h3-9,16H,10-15,17H2,1-2H3. The van der Waals surface area contributed by atoms with Crippen LogP contribution in [0.4, 0.5) is 0 Å². The molecular weight excluding hydrogens is 348 g/mol. The zero-order valence-electron chi connectivity index (χ0n) is 16.8. The summed E-state index contributed by atoms with van der Waals surface area (Å²) in [5.41, 5.74) is 6.66. The lowest BCUT2D eigenvalue weighted by atomic mass is 10.0. The number of likely N-dealkylation sites (N-methyl/N-ethyl adjacent to an activating group) is 1. The number of aromatic nitrogens is 1. The minimum Gasteiger partial charge on any atom is -0.342 e. The Morgan fingerprint density at radius 2 is 1.71 bits per heavy atom. The van der Waals surface area contributed by atoms with Crippen LogP contribution in [0, 0.1) is 6.92 Å². The van der Waals surface area contributed by atoms with E-state index in [0.29, 0.717) is 19.8 Å². The van der Waals surface area contributed by atoms with Crippen molar-refractivity contribution < 1.29 is 9.47 Å². The van der Waals surface area contributed by atoms with Gasteiger partial charge in [0.1, 0.15) is 0 Å². The van der Waals surface area contributed by atoms with Crippen LogP contribution in [0.3, 0.4) is 0 Å². The Labute approximate surface area is 166 Å². The molecule has 0 unspecified atom stereocenters. The molecule has 0 saturated carbocycles. The fraction of sp³-hybridized carbons (Fsp3) is 0.417. The van der Waals surface area contributed by atoms with E-state index in [1.54, 1.807) is 0 Å². The van der Waals surface area contributed by atoms with Gasteiger partial charge in [-0.2, -0.15) is 0 Å². The maximum absolute atomic E-state index is 6.26. The monoisotopic (exact) mass is 376 g/mol. The van der Waals surface area contributed by atoms with E-state index in [4.69, 9.17) is 9.47 Å². The maximum Gasteiger partial charge on any atom is 0.213 e. The van der Waals surface area contributed by atoms with E-state index >= 15 is 0 Å². The number of rotatable bonds is 3. The molecule has 0 bridgehead atoms. The lowest BCUT2D eigenvalue weighted by Gasteiger charge is -2.30. The minimum absolute atomic E-state index is 0.637. The predicted octanol–water partition coefficient (Wildman–Crippen LogP) is 3.88. The largest absolute Gasteiger partial charge is 0.342 e. The first kappa shape index (κ1) is 17.9. The van der Waals surface area contributed by atoms with Gasteiger partial charge in [0.25, 0.3) is 0 Å². The van der Waals surface area contributed by atoms with Crippen LogP contribution in [0.25, 0.3) is 10.9 Å². The van der Waals surface area contributed by atoms with Crippen LogP contribution in [-0.4, -0.2) is 42.8 Å². The van der Waals surface area contributed by atoms with E-state index < -0.39 is 5.79 Å². The third-order valence-electron chi connectivity index (χ3n) is 6.25. The first-order valence-electron chi connectivity index (χ1n) is 10.3. The normalized spacial score (nSPS) is 19.6. The number of fused-ring (bicyclic) bond motifs is 3. The van der Waals surface area contributed by atoms with Crippen LogP contribution in [0.1, 0.15) is 22.4 Å². The van der Waals surface area contributed by atoms with E-state index in [0.717, 1.165) is 31.5 Å². The van der Waals surface area contributed by atoms with E-state index in [1.165, 1.54) is 27.7 Å². The number of hydrogen-bond donors (Lipinski definition) is 0. The predicted molar refractivity (Wildman–Crippen MR) is 112 cm³/mol. The first-order chi connectivity index (χ1) is 13.7. The van der Waals surface area contributed by atoms with E-state index in [-0.39, 0.29) is 0 Å². The molecule has 3 aromatic rings. The van der Waals surface area contributed by atoms with Gasteiger partial charge in [-0.3, -0.25) is 0 Å². The van der Waals surface area contributed by atoms with Gasteiger partial charge in [0, 0.05) is 41.7 Å². The van der Waals surface area contributed by atoms with Crippen LogP contribution in [0.5, 0.6) is 0 Å². The van der Waals surface area contributed by atoms with Crippen LogP contribution in [0.2, 0.25) is 0 Å². The van der Waals surface area contributed by atoms with Gasteiger partial charge >= 0.3 is 0 Å². The maximum atomic E-state index is 6.26. The summed E-state index contributed by atoms with van der Waals surface area (Å²) < 4.78 is 15.0. The zero-order chi connectivity index (χ0) is 19.1. The average molecular weight is 377 g/mol. The van der Waals surface area contributed by atoms with Gasteiger partial charge in [-0.25, -0.2) is 0 Å². The van der Waals surface area contributed by atoms with Crippen molar-refractivity contribution >= 4 is 10.9 Å². The molecule has 0 aliphatic carbocycles. The first-order valence-corrected chi connectivity index (χ1v) is 10.3. The second kappa shape index (κ2) is 7.03. The smallest absolute Gasteiger partial charge is 0.213 e. The summed E-state index contributed by atoms with van der Waals surface area (Å²) in [6, 6.07) is 17.3. The lowest BCUT2D eigenvalue weighted by Crippen LogP contribution is -2.33. The van der Waals surface area contributed by atoms with E-state index in [9.17, 15) is 0 Å². The Balaban J connectivity index is 1.66. The molecule has 4 heteroatoms. The van der Waals surface area contributed by atoms with Crippen LogP contribution >= 0.6 is 0 Å². The molecule has 0 amide bonds. The molecule has 2 aliphatic heterocycles. The number of aryl methyl sites for hydroxylation is 1. The highest BCUT2D eigenvalue weighted by molar-refractivity contribution is 5.86. The highest BCUT2D eigenvalue weighted by Crippen LogP contribution is 2.37. The van der Waals surface area contributed by atoms with Gasteiger partial charge in [-0.05, 0) is 38.1 Å². The van der Waals surface area contributed by atoms with Crippen molar-refractivity contribution in [1.29, 1.82) is 0 Å². The van der Waals surface area contributed by atoms with Gasteiger partial charge < -0.3 is 18.9 Å². The van der Waals surface area contributed by atoms with E-state index in [1.807, 2.05) is 6.07 Å². The summed E-state index contributed by atoms with van der Waals surface area (Å²) in [6.45, 7) is 6.34. The van der Waals surface area contributed by atoms with Crippen molar-refractivity contribution in [3.63, 3.8) is 0 Å². The number of benzene rings is 2. The Hall–Kier alpha value is -2.14. The van der Waals surface area contributed by atoms with Gasteiger partial charge in [-0.15, -0.1) is 0 Å². The van der Waals surface area contributed by atoms with E-state index in [2.05, 4.69) is 65.9 Å². The van der Waals surface area contributed by atoms with Crippen LogP contribution in [-0.2, 0) is 34.6 Å². The molecule has 1 aromatic heterocycles. The Bertz CT molecular complexity index is 987. The SMILES string of the molecule is Cc1ccc2c(c1)c1c(n2CC2(c3ccccc3)OCCO2)CCN(C)CC1. The summed E-state index contributed by atoms with van der Waals surface area (Å²) in [6.07, 6.45) is 2.16. The molecule has 5 rings (SSSR count). The summed E-state index contributed by atoms with van der Waals surface area (Å²) in [4.78, 5) is 2.43. The molecule has 4 nitrogen and oxygen atoms in total. The Morgan fingerprint density at radius 1 is 0.964 bits per heavy atom. The van der Waals surface area contributed by atoms with Gasteiger partial charge in [0.15, 0.2) is 0 Å². The molecule has 0 spiro atoms. The molecule has 0 atom stereocenters. The topological polar surface area (TPSA) is 26.6 Å². The van der Waals surface area contributed by atoms with Crippen molar-refractivity contribution in [3.05, 3.63) is 70.9 Å². The second-order valence-corrected chi connectivity index (χ2v) is 8.15. The lowest BCUT2D eigenvalue weighted by molar-refractivity contribution is -0.175. The molecule has 2 aliphatic rings. The van der Waals surface area contributed by atoms with Crippen LogP contribution in [0.15, 0.2) is 48.5 Å². The Morgan fingerprint density at radius 3 is 2.50 bits per heavy atom. The van der Waals surface area contributed by atoms with Crippen molar-refractivity contribution in [3.8, 4) is 0 Å². The fourth-order valence-electron chi connectivity index (χ4n) is 4.75.